The van der Waals surface area contributed by atoms with E-state index < -0.39 is 11.7 Å². The van der Waals surface area contributed by atoms with Crippen LogP contribution in [0.5, 0.6) is 0 Å². The van der Waals surface area contributed by atoms with Gasteiger partial charge in [-0.3, -0.25) is 4.79 Å². The van der Waals surface area contributed by atoms with Gasteiger partial charge in [-0.2, -0.15) is 5.10 Å². The summed E-state index contributed by atoms with van der Waals surface area (Å²) in [6.07, 6.45) is 3.52. The fourth-order valence-electron chi connectivity index (χ4n) is 2.41. The fraction of sp³-hybridized carbons (Fsp3) is 0.474. The largest absolute Gasteiger partial charge is 0.444 e. The Morgan fingerprint density at radius 2 is 1.93 bits per heavy atom. The van der Waals surface area contributed by atoms with Crippen LogP contribution in [-0.4, -0.2) is 38.9 Å². The van der Waals surface area contributed by atoms with Gasteiger partial charge in [0, 0.05) is 13.0 Å². The minimum Gasteiger partial charge on any atom is -0.444 e. The summed E-state index contributed by atoms with van der Waals surface area (Å²) in [5.41, 5.74) is 1.38. The Kier molecular flexibility index (Phi) is 6.92. The number of carbonyl (C=O) groups excluding carboxylic acids is 2. The first-order valence-electron chi connectivity index (χ1n) is 8.96. The molecule has 8 heteroatoms. The van der Waals surface area contributed by atoms with Crippen molar-refractivity contribution in [2.45, 2.75) is 52.2 Å². The first-order chi connectivity index (χ1) is 12.7. The molecule has 1 aromatic heterocycles. The van der Waals surface area contributed by atoms with E-state index in [1.165, 1.54) is 6.33 Å². The molecule has 0 spiro atoms. The van der Waals surface area contributed by atoms with Crippen LogP contribution in [0.2, 0.25) is 0 Å². The molecule has 2 aromatic rings. The molecule has 0 saturated carbocycles. The molecule has 0 aliphatic carbocycles. The number of aromatic nitrogens is 3. The fourth-order valence-corrected chi connectivity index (χ4v) is 2.41. The number of benzene rings is 1. The molecule has 0 radical (unpaired) electrons. The molecule has 0 bridgehead atoms. The van der Waals surface area contributed by atoms with Gasteiger partial charge in [-0.25, -0.2) is 14.5 Å². The van der Waals surface area contributed by atoms with Gasteiger partial charge in [0.25, 0.3) is 0 Å². The lowest BCUT2D eigenvalue weighted by atomic mass is 10.1. The Morgan fingerprint density at radius 3 is 2.52 bits per heavy atom. The Hall–Kier alpha value is -2.90. The molecule has 8 nitrogen and oxygen atoms in total. The standard InChI is InChI=1S/C19H27N5O3/c1-14(15-7-9-16(10-8-15)24-13-20-12-22-24)23-17(25)6-5-11-21-18(26)27-19(2,3)4/h7-10,12-14H,5-6,11H2,1-4H3,(H,21,26)(H,23,25). The Morgan fingerprint density at radius 1 is 1.22 bits per heavy atom. The van der Waals surface area contributed by atoms with Crippen molar-refractivity contribution in [1.82, 2.24) is 25.4 Å². The van der Waals surface area contributed by atoms with E-state index in [4.69, 9.17) is 4.74 Å². The van der Waals surface area contributed by atoms with E-state index in [1.54, 1.807) is 31.8 Å². The molecule has 0 saturated heterocycles. The number of hydrogen-bond acceptors (Lipinski definition) is 5. The summed E-state index contributed by atoms with van der Waals surface area (Å²) in [6.45, 7) is 7.74. The van der Waals surface area contributed by atoms with Crippen molar-refractivity contribution in [3.8, 4) is 5.69 Å². The molecule has 27 heavy (non-hydrogen) atoms. The van der Waals surface area contributed by atoms with Crippen LogP contribution in [0.25, 0.3) is 5.69 Å². The maximum Gasteiger partial charge on any atom is 0.407 e. The molecule has 146 valence electrons. The molecule has 1 aromatic carbocycles. The van der Waals surface area contributed by atoms with Crippen LogP contribution in [-0.2, 0) is 9.53 Å². The number of hydrogen-bond donors (Lipinski definition) is 2. The maximum absolute atomic E-state index is 12.1. The third-order valence-corrected chi connectivity index (χ3v) is 3.70. The second kappa shape index (κ2) is 9.16. The van der Waals surface area contributed by atoms with E-state index in [9.17, 15) is 9.59 Å². The molecular weight excluding hydrogens is 346 g/mol. The molecule has 0 fully saturated rings. The molecular formula is C19H27N5O3. The third-order valence-electron chi connectivity index (χ3n) is 3.70. The van der Waals surface area contributed by atoms with Crippen LogP contribution < -0.4 is 10.6 Å². The zero-order valence-corrected chi connectivity index (χ0v) is 16.2. The molecule has 2 N–H and O–H groups in total. The molecule has 2 amide bonds. The van der Waals surface area contributed by atoms with Crippen LogP contribution in [0.4, 0.5) is 4.79 Å². The predicted molar refractivity (Wildman–Crippen MR) is 101 cm³/mol. The van der Waals surface area contributed by atoms with Crippen LogP contribution >= 0.6 is 0 Å². The van der Waals surface area contributed by atoms with Crippen molar-refractivity contribution in [2.24, 2.45) is 0 Å². The highest BCUT2D eigenvalue weighted by Gasteiger charge is 2.15. The van der Waals surface area contributed by atoms with Gasteiger partial charge in [0.15, 0.2) is 0 Å². The Labute approximate surface area is 159 Å². The highest BCUT2D eigenvalue weighted by atomic mass is 16.6. The summed E-state index contributed by atoms with van der Waals surface area (Å²) in [5, 5.41) is 9.68. The SMILES string of the molecule is CC(NC(=O)CCCNC(=O)OC(C)(C)C)c1ccc(-n2cncn2)cc1. The lowest BCUT2D eigenvalue weighted by Gasteiger charge is -2.19. The molecule has 0 aliphatic heterocycles. The molecule has 1 heterocycles. The zero-order chi connectivity index (χ0) is 19.9. The normalized spacial score (nSPS) is 12.3. The van der Waals surface area contributed by atoms with E-state index in [-0.39, 0.29) is 11.9 Å². The Bertz CT molecular complexity index is 736. The van der Waals surface area contributed by atoms with Crippen molar-refractivity contribution in [3.05, 3.63) is 42.5 Å². The van der Waals surface area contributed by atoms with Crippen molar-refractivity contribution >= 4 is 12.0 Å². The second-order valence-corrected chi connectivity index (χ2v) is 7.25. The van der Waals surface area contributed by atoms with E-state index in [2.05, 4.69) is 20.7 Å². The predicted octanol–water partition coefficient (Wildman–Crippen LogP) is 2.75. The van der Waals surface area contributed by atoms with Crippen LogP contribution in [0, 0.1) is 0 Å². The summed E-state index contributed by atoms with van der Waals surface area (Å²) in [4.78, 5) is 27.5. The smallest absolute Gasteiger partial charge is 0.407 e. The summed E-state index contributed by atoms with van der Waals surface area (Å²) >= 11 is 0. The lowest BCUT2D eigenvalue weighted by molar-refractivity contribution is -0.121. The zero-order valence-electron chi connectivity index (χ0n) is 16.2. The lowest BCUT2D eigenvalue weighted by Crippen LogP contribution is -2.33. The van der Waals surface area contributed by atoms with Crippen molar-refractivity contribution < 1.29 is 14.3 Å². The van der Waals surface area contributed by atoms with Gasteiger partial charge in [0.1, 0.15) is 18.3 Å². The molecule has 1 atom stereocenters. The van der Waals surface area contributed by atoms with Crippen molar-refractivity contribution in [2.75, 3.05) is 6.54 Å². The first-order valence-corrected chi connectivity index (χ1v) is 8.96. The first kappa shape index (κ1) is 20.4. The number of nitrogens with zero attached hydrogens (tertiary/aromatic N) is 3. The van der Waals surface area contributed by atoms with Crippen molar-refractivity contribution in [3.63, 3.8) is 0 Å². The van der Waals surface area contributed by atoms with Crippen LogP contribution in [0.1, 0.15) is 52.1 Å². The van der Waals surface area contributed by atoms with Gasteiger partial charge in [0.2, 0.25) is 5.91 Å². The number of rotatable bonds is 7. The summed E-state index contributed by atoms with van der Waals surface area (Å²) in [5.74, 6) is -0.0613. The molecule has 0 aliphatic rings. The summed E-state index contributed by atoms with van der Waals surface area (Å²) in [7, 11) is 0. The van der Waals surface area contributed by atoms with Crippen molar-refractivity contribution in [1.29, 1.82) is 0 Å². The number of nitrogens with one attached hydrogen (secondary N) is 2. The monoisotopic (exact) mass is 373 g/mol. The van der Waals surface area contributed by atoms with E-state index in [0.717, 1.165) is 11.3 Å². The van der Waals surface area contributed by atoms with Gasteiger partial charge in [-0.05, 0) is 51.8 Å². The second-order valence-electron chi connectivity index (χ2n) is 7.25. The average molecular weight is 373 g/mol. The van der Waals surface area contributed by atoms with E-state index in [0.29, 0.717) is 19.4 Å². The van der Waals surface area contributed by atoms with Gasteiger partial charge >= 0.3 is 6.09 Å². The minimum absolute atomic E-state index is 0.0613. The van der Waals surface area contributed by atoms with Gasteiger partial charge in [-0.15, -0.1) is 0 Å². The van der Waals surface area contributed by atoms with Gasteiger partial charge < -0.3 is 15.4 Å². The van der Waals surface area contributed by atoms with Crippen LogP contribution in [0.3, 0.4) is 0 Å². The summed E-state index contributed by atoms with van der Waals surface area (Å²) in [6, 6.07) is 7.65. The number of alkyl carbamates (subject to hydrolysis) is 1. The molecule has 2 rings (SSSR count). The highest BCUT2D eigenvalue weighted by molar-refractivity contribution is 5.76. The third kappa shape index (κ3) is 7.08. The summed E-state index contributed by atoms with van der Waals surface area (Å²) < 4.78 is 6.81. The van der Waals surface area contributed by atoms with E-state index >= 15 is 0 Å². The maximum atomic E-state index is 12.1. The van der Waals surface area contributed by atoms with Crippen LogP contribution in [0.15, 0.2) is 36.9 Å². The minimum atomic E-state index is -0.527. The average Bonchev–Trinajstić information content (AvgIpc) is 3.12. The number of carbonyl (C=O) groups is 2. The quantitative estimate of drug-likeness (QED) is 0.727. The Balaban J connectivity index is 1.71. The highest BCUT2D eigenvalue weighted by Crippen LogP contribution is 2.15. The topological polar surface area (TPSA) is 98.1 Å². The number of ether oxygens (including phenoxy) is 1. The van der Waals surface area contributed by atoms with E-state index in [1.807, 2.05) is 31.2 Å². The van der Waals surface area contributed by atoms with Gasteiger partial charge in [0.05, 0.1) is 11.7 Å². The molecule has 1 unspecified atom stereocenters. The van der Waals surface area contributed by atoms with Gasteiger partial charge in [-0.1, -0.05) is 12.1 Å². The number of amides is 2.